The summed E-state index contributed by atoms with van der Waals surface area (Å²) in [5, 5.41) is 0. The van der Waals surface area contributed by atoms with Crippen molar-refractivity contribution in [2.24, 2.45) is 63.1 Å². The second-order valence-corrected chi connectivity index (χ2v) is 16.7. The summed E-state index contributed by atoms with van der Waals surface area (Å²) >= 11 is 0. The van der Waals surface area contributed by atoms with Gasteiger partial charge in [0, 0.05) is 42.9 Å². The topological polar surface area (TPSA) is 150 Å². The number of ketones is 2. The second-order valence-electron chi connectivity index (χ2n) is 15.6. The summed E-state index contributed by atoms with van der Waals surface area (Å²) in [6.07, 6.45) is 14.6. The largest absolute Gasteiger partial charge is 0.462 e. The molecule has 5 rings (SSSR count). The predicted molar refractivity (Wildman–Crippen MR) is 178 cm³/mol. The highest BCUT2D eigenvalue weighted by Crippen LogP contribution is 2.89. The molecule has 13 atom stereocenters. The van der Waals surface area contributed by atoms with Crippen LogP contribution in [0.3, 0.4) is 0 Å². The van der Waals surface area contributed by atoms with Crippen LogP contribution in [-0.2, 0) is 43.2 Å². The predicted octanol–water partition coefficient (Wildman–Crippen LogP) is 5.57. The molecule has 0 heterocycles. The molecule has 0 bridgehead atoms. The molecule has 3 unspecified atom stereocenters. The number of rotatable bonds is 10. The highest BCUT2D eigenvalue weighted by molar-refractivity contribution is 7.80. The SMILES string of the molecule is C#C.C=C(C(=O)[C@H](OC(C)=O)[C@@H](C)C1[C@@H](OC(C)=O)C[C@@]2(C)[C@@H]3CCC4[C@H](C)C(=O)C=CC45[C@@H](C)[C@@]35CC[C@]12C)[C@@H](C)COS(=O)(=O)O. The van der Waals surface area contributed by atoms with Crippen molar-refractivity contribution in [3.8, 4) is 12.8 Å². The van der Waals surface area contributed by atoms with Gasteiger partial charge in [-0.15, -0.1) is 12.8 Å². The summed E-state index contributed by atoms with van der Waals surface area (Å²) < 4.78 is 47.6. The van der Waals surface area contributed by atoms with E-state index in [1.807, 2.05) is 13.0 Å². The molecule has 2 spiro atoms. The molecule has 0 radical (unpaired) electrons. The van der Waals surface area contributed by atoms with Gasteiger partial charge in [-0.1, -0.05) is 54.2 Å². The Bertz CT molecular complexity index is 1530. The van der Waals surface area contributed by atoms with Gasteiger partial charge < -0.3 is 9.47 Å². The Hall–Kier alpha value is -2.81. The van der Waals surface area contributed by atoms with Crippen LogP contribution in [0.15, 0.2) is 24.3 Å². The van der Waals surface area contributed by atoms with E-state index in [0.717, 1.165) is 25.7 Å². The molecule has 11 heteroatoms. The molecule has 0 aromatic rings. The maximum Gasteiger partial charge on any atom is 0.397 e. The molecule has 5 aliphatic carbocycles. The second kappa shape index (κ2) is 12.8. The number of esters is 2. The molecular weight excluding hydrogens is 636 g/mol. The van der Waals surface area contributed by atoms with Gasteiger partial charge in [0.25, 0.3) is 0 Å². The number of fused-ring (bicyclic) bond motifs is 2. The molecule has 0 amide bonds. The number of allylic oxidation sites excluding steroid dienone is 2. The highest BCUT2D eigenvalue weighted by atomic mass is 32.3. The first-order chi connectivity index (χ1) is 22.2. The van der Waals surface area contributed by atoms with E-state index in [1.165, 1.54) is 20.8 Å². The number of hydrogen-bond donors (Lipinski definition) is 1. The van der Waals surface area contributed by atoms with E-state index >= 15 is 0 Å². The Labute approximate surface area is 285 Å². The van der Waals surface area contributed by atoms with E-state index in [9.17, 15) is 27.6 Å². The highest BCUT2D eigenvalue weighted by Gasteiger charge is 2.85. The minimum Gasteiger partial charge on any atom is -0.462 e. The lowest BCUT2D eigenvalue weighted by Crippen LogP contribution is -2.56. The first-order valence-corrected chi connectivity index (χ1v) is 18.3. The summed E-state index contributed by atoms with van der Waals surface area (Å²) in [6.45, 7) is 18.4. The molecular formula is C37H52O10S. The standard InChI is InChI=1S/C35H50O10S.C2H2/c1-18(17-43-46(40,41)42)19(2)30(39)31(45-24(7)37)21(4)29-27(44-23(6)36)16-33(9)28-11-10-25-20(3)26(38)12-13-34(25)22(5)35(28,34)15-14-32(29,33)8;1-2/h12-13,18,20-22,25,27-29,31H,2,10-11,14-17H2,1,3-9H3,(H,40,41,42);1-2H/t18-,20-,21-,22+,25?,27-,28-,29?,31+,32+,33-,34?,35-;/m0./s1. The fourth-order valence-electron chi connectivity index (χ4n) is 11.8. The number of carbonyl (C=O) groups excluding carboxylic acids is 4. The fourth-order valence-corrected chi connectivity index (χ4v) is 12.2. The van der Waals surface area contributed by atoms with Crippen LogP contribution < -0.4 is 0 Å². The molecule has 4 saturated carbocycles. The van der Waals surface area contributed by atoms with Gasteiger partial charge >= 0.3 is 22.3 Å². The van der Waals surface area contributed by atoms with Gasteiger partial charge in [-0.3, -0.25) is 23.7 Å². The van der Waals surface area contributed by atoms with Crippen molar-refractivity contribution in [3.05, 3.63) is 24.3 Å². The van der Waals surface area contributed by atoms with Crippen molar-refractivity contribution in [2.75, 3.05) is 6.61 Å². The molecule has 4 fully saturated rings. The zero-order chi connectivity index (χ0) is 36.4. The molecule has 1 N–H and O–H groups in total. The maximum atomic E-state index is 14.0. The first kappa shape index (κ1) is 38.0. The van der Waals surface area contributed by atoms with Gasteiger partial charge in [-0.05, 0) is 77.8 Å². The smallest absolute Gasteiger partial charge is 0.397 e. The molecule has 48 heavy (non-hydrogen) atoms. The van der Waals surface area contributed by atoms with Gasteiger partial charge in [-0.2, -0.15) is 8.42 Å². The molecule has 5 aliphatic rings. The zero-order valence-corrected chi connectivity index (χ0v) is 30.3. The third-order valence-electron chi connectivity index (χ3n) is 14.0. The molecule has 0 aliphatic heterocycles. The van der Waals surface area contributed by atoms with Crippen LogP contribution in [0.1, 0.15) is 87.5 Å². The van der Waals surface area contributed by atoms with Crippen LogP contribution in [0.2, 0.25) is 0 Å². The van der Waals surface area contributed by atoms with Gasteiger partial charge in [0.2, 0.25) is 0 Å². The minimum absolute atomic E-state index is 0.000818. The number of hydrogen-bond acceptors (Lipinski definition) is 9. The average Bonchev–Trinajstić information content (AvgIpc) is 3.44. The van der Waals surface area contributed by atoms with Crippen LogP contribution in [-0.4, -0.2) is 55.3 Å². The number of Topliss-reactive ketones (excluding diaryl/α,β-unsaturated/α-hetero) is 1. The fraction of sp³-hybridized carbons (Fsp3) is 0.730. The lowest BCUT2D eigenvalue weighted by Gasteiger charge is -2.61. The Balaban J connectivity index is 0.00000255. The van der Waals surface area contributed by atoms with E-state index < -0.39 is 64.2 Å². The third kappa shape index (κ3) is 5.50. The molecule has 266 valence electrons. The number of carbonyl (C=O) groups is 4. The van der Waals surface area contributed by atoms with E-state index in [0.29, 0.717) is 24.2 Å². The summed E-state index contributed by atoms with van der Waals surface area (Å²) in [5.41, 5.74) is -0.653. The van der Waals surface area contributed by atoms with Crippen LogP contribution in [0, 0.1) is 75.9 Å². The lowest BCUT2D eigenvalue weighted by atomic mass is 9.43. The number of terminal acetylenes is 1. The van der Waals surface area contributed by atoms with Crippen molar-refractivity contribution in [1.29, 1.82) is 0 Å². The molecule has 0 aromatic carbocycles. The summed E-state index contributed by atoms with van der Waals surface area (Å²) in [4.78, 5) is 51.7. The van der Waals surface area contributed by atoms with Gasteiger partial charge in [0.05, 0.1) is 6.61 Å². The van der Waals surface area contributed by atoms with E-state index in [4.69, 9.17) is 14.0 Å². The van der Waals surface area contributed by atoms with Crippen LogP contribution in [0.5, 0.6) is 0 Å². The van der Waals surface area contributed by atoms with Crippen LogP contribution in [0.25, 0.3) is 0 Å². The zero-order valence-electron chi connectivity index (χ0n) is 29.5. The van der Waals surface area contributed by atoms with E-state index in [2.05, 4.69) is 57.4 Å². The monoisotopic (exact) mass is 688 g/mol. The van der Waals surface area contributed by atoms with Gasteiger partial charge in [0.15, 0.2) is 17.7 Å². The minimum atomic E-state index is -4.73. The molecule has 0 saturated heterocycles. The Morgan fingerprint density at radius 2 is 1.69 bits per heavy atom. The van der Waals surface area contributed by atoms with Crippen molar-refractivity contribution in [2.45, 2.75) is 99.7 Å². The van der Waals surface area contributed by atoms with E-state index in [1.54, 1.807) is 0 Å². The van der Waals surface area contributed by atoms with Crippen molar-refractivity contribution in [3.63, 3.8) is 0 Å². The van der Waals surface area contributed by atoms with Crippen molar-refractivity contribution < 1.29 is 45.8 Å². The Morgan fingerprint density at radius 1 is 1.06 bits per heavy atom. The quantitative estimate of drug-likeness (QED) is 0.134. The van der Waals surface area contributed by atoms with Gasteiger partial charge in [0.1, 0.15) is 6.10 Å². The third-order valence-corrected chi connectivity index (χ3v) is 14.4. The average molecular weight is 689 g/mol. The summed E-state index contributed by atoms with van der Waals surface area (Å²) in [7, 11) is -4.73. The van der Waals surface area contributed by atoms with Crippen molar-refractivity contribution in [1.82, 2.24) is 0 Å². The van der Waals surface area contributed by atoms with E-state index in [-0.39, 0.29) is 39.4 Å². The van der Waals surface area contributed by atoms with Crippen molar-refractivity contribution >= 4 is 33.9 Å². The maximum absolute atomic E-state index is 14.0. The Morgan fingerprint density at radius 3 is 2.25 bits per heavy atom. The lowest BCUT2D eigenvalue weighted by molar-refractivity contribution is -0.166. The molecule has 10 nitrogen and oxygen atoms in total. The number of ether oxygens (including phenoxy) is 2. The summed E-state index contributed by atoms with van der Waals surface area (Å²) in [5.74, 6) is -2.12. The van der Waals surface area contributed by atoms with Crippen LogP contribution in [0.4, 0.5) is 0 Å². The van der Waals surface area contributed by atoms with Crippen LogP contribution >= 0.6 is 0 Å². The summed E-state index contributed by atoms with van der Waals surface area (Å²) in [6, 6.07) is 0. The molecule has 0 aromatic heterocycles. The first-order valence-electron chi connectivity index (χ1n) is 16.9. The Kier molecular flexibility index (Phi) is 10.1. The normalized spacial score (nSPS) is 41.0. The van der Waals surface area contributed by atoms with Gasteiger partial charge in [-0.25, -0.2) is 4.18 Å².